The number of fused-ring (bicyclic) bond motifs is 1. The first-order chi connectivity index (χ1) is 9.60. The lowest BCUT2D eigenvalue weighted by Crippen LogP contribution is -1.92. The van der Waals surface area contributed by atoms with Gasteiger partial charge >= 0.3 is 0 Å². The van der Waals surface area contributed by atoms with Gasteiger partial charge in [-0.05, 0) is 55.3 Å². The maximum Gasteiger partial charge on any atom is 0.238 e. The minimum absolute atomic E-state index is 0.477. The first kappa shape index (κ1) is 12.9. The molecule has 2 aromatic carbocycles. The molecular formula is C16H13ClN2O. The molecule has 0 saturated heterocycles. The number of ether oxygens (including phenoxy) is 1. The summed E-state index contributed by atoms with van der Waals surface area (Å²) in [5.41, 5.74) is 3.82. The third-order valence-corrected chi connectivity index (χ3v) is 3.13. The number of benzene rings is 2. The van der Waals surface area contributed by atoms with Gasteiger partial charge in [0.15, 0.2) is 0 Å². The van der Waals surface area contributed by atoms with Crippen molar-refractivity contribution >= 4 is 22.6 Å². The van der Waals surface area contributed by atoms with Crippen molar-refractivity contribution in [3.05, 3.63) is 58.7 Å². The zero-order valence-corrected chi connectivity index (χ0v) is 12.0. The average Bonchev–Trinajstić information content (AvgIpc) is 2.38. The van der Waals surface area contributed by atoms with Gasteiger partial charge in [0.1, 0.15) is 5.75 Å². The molecule has 1 heterocycles. The van der Waals surface area contributed by atoms with Gasteiger partial charge in [-0.25, -0.2) is 9.97 Å². The van der Waals surface area contributed by atoms with Gasteiger partial charge < -0.3 is 4.74 Å². The van der Waals surface area contributed by atoms with Crippen molar-refractivity contribution in [3.8, 4) is 11.6 Å². The molecule has 1 aromatic heterocycles. The van der Waals surface area contributed by atoms with Crippen LogP contribution in [0.5, 0.6) is 11.6 Å². The number of aryl methyl sites for hydroxylation is 2. The van der Waals surface area contributed by atoms with Gasteiger partial charge in [0, 0.05) is 5.02 Å². The molecule has 0 N–H and O–H groups in total. The summed E-state index contributed by atoms with van der Waals surface area (Å²) in [5, 5.41) is 0.648. The van der Waals surface area contributed by atoms with Gasteiger partial charge in [-0.15, -0.1) is 0 Å². The molecule has 0 bridgehead atoms. The number of hydrogen-bond donors (Lipinski definition) is 0. The molecule has 3 aromatic rings. The Morgan fingerprint density at radius 1 is 0.950 bits per heavy atom. The van der Waals surface area contributed by atoms with Gasteiger partial charge in [0.25, 0.3) is 0 Å². The van der Waals surface area contributed by atoms with Crippen molar-refractivity contribution in [2.45, 2.75) is 13.8 Å². The van der Waals surface area contributed by atoms with Crippen LogP contribution < -0.4 is 4.74 Å². The van der Waals surface area contributed by atoms with E-state index in [2.05, 4.69) is 16.0 Å². The summed E-state index contributed by atoms with van der Waals surface area (Å²) in [6, 6.07) is 11.4. The van der Waals surface area contributed by atoms with Crippen LogP contribution in [0.4, 0.5) is 0 Å². The Morgan fingerprint density at radius 2 is 1.70 bits per heavy atom. The molecule has 20 heavy (non-hydrogen) atoms. The van der Waals surface area contributed by atoms with Gasteiger partial charge in [0.05, 0.1) is 17.2 Å². The Balaban J connectivity index is 1.96. The van der Waals surface area contributed by atoms with Gasteiger partial charge in [-0.3, -0.25) is 0 Å². The second-order valence-corrected chi connectivity index (χ2v) is 5.20. The molecule has 0 fully saturated rings. The maximum absolute atomic E-state index is 5.92. The monoisotopic (exact) mass is 284 g/mol. The number of aromatic nitrogens is 2. The fraction of sp³-hybridized carbons (Fsp3) is 0.125. The molecule has 4 heteroatoms. The van der Waals surface area contributed by atoms with Gasteiger partial charge in [-0.1, -0.05) is 17.7 Å². The normalized spacial score (nSPS) is 10.8. The summed E-state index contributed by atoms with van der Waals surface area (Å²) >= 11 is 5.92. The molecule has 3 nitrogen and oxygen atoms in total. The summed E-state index contributed by atoms with van der Waals surface area (Å²) in [4.78, 5) is 8.74. The molecule has 0 saturated carbocycles. The summed E-state index contributed by atoms with van der Waals surface area (Å²) in [6.07, 6.45) is 1.61. The molecular weight excluding hydrogens is 272 g/mol. The fourth-order valence-electron chi connectivity index (χ4n) is 2.13. The van der Waals surface area contributed by atoms with Crippen LogP contribution in [-0.4, -0.2) is 9.97 Å². The number of hydrogen-bond acceptors (Lipinski definition) is 3. The molecule has 0 radical (unpaired) electrons. The smallest absolute Gasteiger partial charge is 0.238 e. The van der Waals surface area contributed by atoms with Crippen LogP contribution in [0, 0.1) is 13.8 Å². The predicted molar refractivity (Wildman–Crippen MR) is 80.5 cm³/mol. The molecule has 0 spiro atoms. The first-order valence-electron chi connectivity index (χ1n) is 6.29. The summed E-state index contributed by atoms with van der Waals surface area (Å²) < 4.78 is 5.77. The van der Waals surface area contributed by atoms with E-state index in [1.54, 1.807) is 18.3 Å². The van der Waals surface area contributed by atoms with Crippen LogP contribution in [0.25, 0.3) is 11.0 Å². The highest BCUT2D eigenvalue weighted by atomic mass is 35.5. The molecule has 0 aliphatic heterocycles. The van der Waals surface area contributed by atoms with Gasteiger partial charge in [-0.2, -0.15) is 0 Å². The van der Waals surface area contributed by atoms with Crippen LogP contribution in [0.2, 0.25) is 5.02 Å². The van der Waals surface area contributed by atoms with Crippen LogP contribution >= 0.6 is 11.6 Å². The third kappa shape index (κ3) is 2.73. The van der Waals surface area contributed by atoms with E-state index in [0.717, 1.165) is 27.9 Å². The van der Waals surface area contributed by atoms with E-state index in [9.17, 15) is 0 Å². The Bertz CT molecular complexity index is 766. The van der Waals surface area contributed by atoms with E-state index < -0.39 is 0 Å². The second-order valence-electron chi connectivity index (χ2n) is 4.77. The largest absolute Gasteiger partial charge is 0.437 e. The van der Waals surface area contributed by atoms with Crippen LogP contribution in [0.15, 0.2) is 42.6 Å². The number of halogens is 1. The van der Waals surface area contributed by atoms with E-state index in [1.807, 2.05) is 32.0 Å². The minimum Gasteiger partial charge on any atom is -0.437 e. The highest BCUT2D eigenvalue weighted by Gasteiger charge is 2.04. The Hall–Kier alpha value is -2.13. The SMILES string of the molecule is Cc1cc(C)cc(Oc2cnc3cc(Cl)ccc3n2)c1. The van der Waals surface area contributed by atoms with Crippen molar-refractivity contribution in [2.75, 3.05) is 0 Å². The molecule has 0 aliphatic carbocycles. The van der Waals surface area contributed by atoms with E-state index in [0.29, 0.717) is 10.9 Å². The first-order valence-corrected chi connectivity index (χ1v) is 6.66. The predicted octanol–water partition coefficient (Wildman–Crippen LogP) is 4.69. The van der Waals surface area contributed by atoms with Crippen molar-refractivity contribution < 1.29 is 4.74 Å². The van der Waals surface area contributed by atoms with E-state index in [-0.39, 0.29) is 0 Å². The van der Waals surface area contributed by atoms with Crippen molar-refractivity contribution in [1.29, 1.82) is 0 Å². The quantitative estimate of drug-likeness (QED) is 0.684. The zero-order chi connectivity index (χ0) is 14.1. The van der Waals surface area contributed by atoms with Crippen molar-refractivity contribution in [1.82, 2.24) is 9.97 Å². The van der Waals surface area contributed by atoms with Crippen LogP contribution in [0.1, 0.15) is 11.1 Å². The highest BCUT2D eigenvalue weighted by molar-refractivity contribution is 6.31. The lowest BCUT2D eigenvalue weighted by molar-refractivity contribution is 0.462. The van der Waals surface area contributed by atoms with Crippen LogP contribution in [0.3, 0.4) is 0 Å². The molecule has 3 rings (SSSR count). The Kier molecular flexibility index (Phi) is 3.28. The zero-order valence-electron chi connectivity index (χ0n) is 11.2. The Labute approximate surface area is 122 Å². The highest BCUT2D eigenvalue weighted by Crippen LogP contribution is 2.24. The molecule has 0 unspecified atom stereocenters. The Morgan fingerprint density at radius 3 is 2.45 bits per heavy atom. The summed E-state index contributed by atoms with van der Waals surface area (Å²) in [7, 11) is 0. The number of rotatable bonds is 2. The van der Waals surface area contributed by atoms with E-state index >= 15 is 0 Å². The summed E-state index contributed by atoms with van der Waals surface area (Å²) in [6.45, 7) is 4.07. The number of nitrogens with zero attached hydrogens (tertiary/aromatic N) is 2. The maximum atomic E-state index is 5.92. The minimum atomic E-state index is 0.477. The standard InChI is InChI=1S/C16H13ClN2O/c1-10-5-11(2)7-13(6-10)20-16-9-18-15-8-12(17)3-4-14(15)19-16/h3-9H,1-2H3. The van der Waals surface area contributed by atoms with Crippen molar-refractivity contribution in [2.24, 2.45) is 0 Å². The van der Waals surface area contributed by atoms with E-state index in [1.165, 1.54) is 0 Å². The average molecular weight is 285 g/mol. The lowest BCUT2D eigenvalue weighted by Gasteiger charge is -2.07. The summed E-state index contributed by atoms with van der Waals surface area (Å²) in [5.74, 6) is 1.25. The second kappa shape index (κ2) is 5.10. The molecule has 0 amide bonds. The molecule has 100 valence electrons. The molecule has 0 aliphatic rings. The van der Waals surface area contributed by atoms with Gasteiger partial charge in [0.2, 0.25) is 5.88 Å². The van der Waals surface area contributed by atoms with Crippen LogP contribution in [-0.2, 0) is 0 Å². The van der Waals surface area contributed by atoms with E-state index in [4.69, 9.17) is 16.3 Å². The molecule has 0 atom stereocenters. The topological polar surface area (TPSA) is 35.0 Å². The lowest BCUT2D eigenvalue weighted by atomic mass is 10.1. The van der Waals surface area contributed by atoms with Crippen molar-refractivity contribution in [3.63, 3.8) is 0 Å². The fourth-order valence-corrected chi connectivity index (χ4v) is 2.29. The third-order valence-electron chi connectivity index (χ3n) is 2.90.